The zero-order valence-corrected chi connectivity index (χ0v) is 13.3. The Bertz CT molecular complexity index is 804. The minimum Gasteiger partial charge on any atom is -0.423 e. The molecule has 6 nitrogen and oxygen atoms in total. The molecule has 2 bridgehead atoms. The predicted molar refractivity (Wildman–Crippen MR) is 89.6 cm³/mol. The van der Waals surface area contributed by atoms with Crippen LogP contribution in [0.5, 0.6) is 0 Å². The highest BCUT2D eigenvalue weighted by Crippen LogP contribution is 2.42. The molecule has 4 aliphatic heterocycles. The van der Waals surface area contributed by atoms with Gasteiger partial charge in [-0.2, -0.15) is 4.98 Å². The third-order valence-electron chi connectivity index (χ3n) is 5.65. The van der Waals surface area contributed by atoms with Gasteiger partial charge in [-0.15, -0.1) is 0 Å². The maximum absolute atomic E-state index is 6.26. The van der Waals surface area contributed by atoms with E-state index in [0.29, 0.717) is 17.9 Å². The number of guanidine groups is 1. The van der Waals surface area contributed by atoms with E-state index in [1.807, 2.05) is 23.1 Å². The molecule has 4 aliphatic rings. The Morgan fingerprint density at radius 1 is 1.26 bits per heavy atom. The van der Waals surface area contributed by atoms with Crippen LogP contribution in [0.3, 0.4) is 0 Å². The van der Waals surface area contributed by atoms with Crippen molar-refractivity contribution < 1.29 is 4.42 Å². The van der Waals surface area contributed by atoms with Gasteiger partial charge >= 0.3 is 6.01 Å². The normalized spacial score (nSPS) is 32.9. The van der Waals surface area contributed by atoms with E-state index in [4.69, 9.17) is 15.1 Å². The summed E-state index contributed by atoms with van der Waals surface area (Å²) in [6.07, 6.45) is 2.44. The highest BCUT2D eigenvalue weighted by Gasteiger charge is 2.51. The van der Waals surface area contributed by atoms with E-state index in [2.05, 4.69) is 16.8 Å². The lowest BCUT2D eigenvalue weighted by Gasteiger charge is -2.49. The number of benzene rings is 1. The first kappa shape index (κ1) is 13.4. The molecule has 6 heteroatoms. The van der Waals surface area contributed by atoms with Crippen molar-refractivity contribution in [3.63, 3.8) is 0 Å². The van der Waals surface area contributed by atoms with Gasteiger partial charge in [0.2, 0.25) is 0 Å². The molecule has 1 atom stereocenters. The molecule has 3 saturated heterocycles. The van der Waals surface area contributed by atoms with Crippen molar-refractivity contribution in [3.8, 4) is 0 Å². The molecule has 1 unspecified atom stereocenters. The molecular formula is C17H21N5O. The average molecular weight is 311 g/mol. The quantitative estimate of drug-likeness (QED) is 0.868. The molecule has 0 radical (unpaired) electrons. The fraction of sp³-hybridized carbons (Fsp3) is 0.529. The number of rotatable bonds is 1. The van der Waals surface area contributed by atoms with Gasteiger partial charge in [-0.3, -0.25) is 4.90 Å². The Morgan fingerprint density at radius 2 is 2.09 bits per heavy atom. The Hall–Kier alpha value is -2.08. The summed E-state index contributed by atoms with van der Waals surface area (Å²) in [5.41, 5.74) is 9.03. The van der Waals surface area contributed by atoms with Gasteiger partial charge in [0.15, 0.2) is 11.5 Å². The van der Waals surface area contributed by atoms with Crippen LogP contribution < -0.4 is 10.6 Å². The van der Waals surface area contributed by atoms with E-state index in [1.54, 1.807) is 0 Å². The Kier molecular flexibility index (Phi) is 2.60. The van der Waals surface area contributed by atoms with Crippen molar-refractivity contribution in [3.05, 3.63) is 23.8 Å². The zero-order valence-electron chi connectivity index (χ0n) is 13.3. The summed E-state index contributed by atoms with van der Waals surface area (Å²) in [5, 5.41) is 0. The number of hydrogen-bond acceptors (Lipinski definition) is 6. The van der Waals surface area contributed by atoms with Crippen molar-refractivity contribution in [1.82, 2.24) is 9.88 Å². The van der Waals surface area contributed by atoms with Crippen LogP contribution in [0.25, 0.3) is 11.1 Å². The number of fused-ring (bicyclic) bond motifs is 3. The molecule has 0 aliphatic carbocycles. The number of nitrogens with two attached hydrogens (primary N) is 1. The van der Waals surface area contributed by atoms with Gasteiger partial charge in [-0.1, -0.05) is 6.07 Å². The molecule has 5 heterocycles. The van der Waals surface area contributed by atoms with Gasteiger partial charge in [-0.05, 0) is 56.5 Å². The average Bonchev–Trinajstić information content (AvgIpc) is 3.09. The molecule has 2 N–H and O–H groups in total. The van der Waals surface area contributed by atoms with E-state index in [0.717, 1.165) is 29.8 Å². The number of aryl methyl sites for hydroxylation is 1. The van der Waals surface area contributed by atoms with E-state index < -0.39 is 0 Å². The van der Waals surface area contributed by atoms with Crippen molar-refractivity contribution in [2.24, 2.45) is 16.6 Å². The van der Waals surface area contributed by atoms with Crippen molar-refractivity contribution >= 4 is 23.1 Å². The monoisotopic (exact) mass is 311 g/mol. The van der Waals surface area contributed by atoms with Crippen LogP contribution in [0, 0.1) is 12.8 Å². The van der Waals surface area contributed by atoms with Crippen LogP contribution in [0.4, 0.5) is 6.01 Å². The first-order chi connectivity index (χ1) is 11.1. The molecule has 2 aromatic rings. The summed E-state index contributed by atoms with van der Waals surface area (Å²) in [7, 11) is 0. The third-order valence-corrected chi connectivity index (χ3v) is 5.65. The van der Waals surface area contributed by atoms with E-state index >= 15 is 0 Å². The molecule has 23 heavy (non-hydrogen) atoms. The Morgan fingerprint density at radius 3 is 2.83 bits per heavy atom. The van der Waals surface area contributed by atoms with Crippen LogP contribution in [0.2, 0.25) is 0 Å². The van der Waals surface area contributed by atoms with Gasteiger partial charge in [0.25, 0.3) is 0 Å². The number of piperidine rings is 3. The summed E-state index contributed by atoms with van der Waals surface area (Å²) in [4.78, 5) is 14.0. The number of nitrogens with zero attached hydrogens (tertiary/aromatic N) is 4. The maximum atomic E-state index is 6.26. The molecule has 1 aromatic heterocycles. The molecule has 0 amide bonds. The minimum atomic E-state index is -0.0723. The summed E-state index contributed by atoms with van der Waals surface area (Å²) in [5.74, 6) is 1.17. The predicted octanol–water partition coefficient (Wildman–Crippen LogP) is 1.74. The highest BCUT2D eigenvalue weighted by atomic mass is 16.4. The summed E-state index contributed by atoms with van der Waals surface area (Å²) >= 11 is 0. The van der Waals surface area contributed by atoms with Crippen LogP contribution in [-0.2, 0) is 0 Å². The topological polar surface area (TPSA) is 70.9 Å². The van der Waals surface area contributed by atoms with Crippen molar-refractivity contribution in [1.29, 1.82) is 0 Å². The van der Waals surface area contributed by atoms with Gasteiger partial charge in [-0.25, -0.2) is 4.99 Å². The summed E-state index contributed by atoms with van der Waals surface area (Å²) in [6, 6.07) is 6.62. The zero-order chi connectivity index (χ0) is 15.6. The van der Waals surface area contributed by atoms with Gasteiger partial charge < -0.3 is 15.1 Å². The number of oxazole rings is 1. The largest absolute Gasteiger partial charge is 0.423 e. The molecule has 1 spiro atoms. The molecule has 6 rings (SSSR count). The van der Waals surface area contributed by atoms with Crippen molar-refractivity contribution in [2.45, 2.75) is 25.3 Å². The molecular weight excluding hydrogens is 290 g/mol. The fourth-order valence-corrected chi connectivity index (χ4v) is 4.43. The summed E-state index contributed by atoms with van der Waals surface area (Å²) in [6.45, 7) is 6.24. The highest BCUT2D eigenvalue weighted by molar-refractivity contribution is 5.96. The van der Waals surface area contributed by atoms with E-state index in [-0.39, 0.29) is 5.54 Å². The number of aliphatic imine (C=N–C) groups is 1. The van der Waals surface area contributed by atoms with Gasteiger partial charge in [0, 0.05) is 6.54 Å². The minimum absolute atomic E-state index is 0.0723. The van der Waals surface area contributed by atoms with E-state index in [9.17, 15) is 0 Å². The molecule has 120 valence electrons. The lowest BCUT2D eigenvalue weighted by molar-refractivity contribution is 0.0388. The smallest absolute Gasteiger partial charge is 0.305 e. The van der Waals surface area contributed by atoms with Gasteiger partial charge in [0.1, 0.15) is 5.52 Å². The molecule has 1 aromatic carbocycles. The van der Waals surface area contributed by atoms with Crippen LogP contribution in [0.1, 0.15) is 18.4 Å². The Labute approximate surface area is 135 Å². The Balaban J connectivity index is 1.51. The number of anilines is 1. The first-order valence-electron chi connectivity index (χ1n) is 8.35. The second kappa shape index (κ2) is 4.47. The number of hydrogen-bond donors (Lipinski definition) is 1. The second-order valence-electron chi connectivity index (χ2n) is 7.18. The van der Waals surface area contributed by atoms with Crippen LogP contribution in [0.15, 0.2) is 27.6 Å². The van der Waals surface area contributed by atoms with Crippen LogP contribution >= 0.6 is 0 Å². The lowest BCUT2D eigenvalue weighted by Crippen LogP contribution is -2.60. The molecule has 3 fully saturated rings. The summed E-state index contributed by atoms with van der Waals surface area (Å²) < 4.78 is 5.96. The maximum Gasteiger partial charge on any atom is 0.305 e. The van der Waals surface area contributed by atoms with E-state index in [1.165, 1.54) is 25.9 Å². The molecule has 0 saturated carbocycles. The second-order valence-corrected chi connectivity index (χ2v) is 7.18. The number of aromatic nitrogens is 1. The standard InChI is InChI=1S/C17H21N5O/c1-11-2-3-13-14(8-11)23-16(19-13)22-10-17(20-15(22)18)9-21-6-4-12(17)5-7-21/h2-3,8,12H,4-7,9-10H2,1H3,(H2,18,20). The fourth-order valence-electron chi connectivity index (χ4n) is 4.43. The first-order valence-corrected chi connectivity index (χ1v) is 8.35. The van der Waals surface area contributed by atoms with Crippen LogP contribution in [-0.4, -0.2) is 47.6 Å². The lowest BCUT2D eigenvalue weighted by atomic mass is 9.73. The third kappa shape index (κ3) is 1.91. The van der Waals surface area contributed by atoms with Crippen molar-refractivity contribution in [2.75, 3.05) is 31.1 Å². The SMILES string of the molecule is Cc1ccc2nc(N3CC4(CN5CCC4CC5)N=C3N)oc2c1. The van der Waals surface area contributed by atoms with Gasteiger partial charge in [0.05, 0.1) is 12.1 Å².